The molecule has 0 saturated carbocycles. The number of carbonyl (C=O) groups is 2. The average Bonchev–Trinajstić information content (AvgIpc) is 2.59. The van der Waals surface area contributed by atoms with Crippen molar-refractivity contribution in [2.75, 3.05) is 17.7 Å². The Balaban J connectivity index is 0.00000139. The van der Waals surface area contributed by atoms with Crippen LogP contribution in [0.4, 0.5) is 16.2 Å². The van der Waals surface area contributed by atoms with Gasteiger partial charge in [-0.1, -0.05) is 38.1 Å². The SMILES string of the molecule is CC.CNC(=O)Nc1ccc(Cc2ccc(NC(C)=O)cc2)cc1. The van der Waals surface area contributed by atoms with Crippen molar-refractivity contribution in [1.29, 1.82) is 0 Å². The molecule has 0 saturated heterocycles. The Hall–Kier alpha value is -2.82. The Morgan fingerprint density at radius 2 is 1.21 bits per heavy atom. The first-order valence-electron chi connectivity index (χ1n) is 8.01. The normalized spacial score (nSPS) is 9.33. The number of carbonyl (C=O) groups excluding carboxylic acids is 2. The van der Waals surface area contributed by atoms with Crippen LogP contribution in [-0.2, 0) is 11.2 Å². The predicted molar refractivity (Wildman–Crippen MR) is 99.4 cm³/mol. The van der Waals surface area contributed by atoms with Gasteiger partial charge in [-0.3, -0.25) is 4.79 Å². The summed E-state index contributed by atoms with van der Waals surface area (Å²) in [6, 6.07) is 15.2. The summed E-state index contributed by atoms with van der Waals surface area (Å²) in [5.74, 6) is -0.0769. The molecule has 0 heterocycles. The summed E-state index contributed by atoms with van der Waals surface area (Å²) < 4.78 is 0. The van der Waals surface area contributed by atoms with Crippen LogP contribution in [0.2, 0.25) is 0 Å². The molecule has 5 nitrogen and oxygen atoms in total. The van der Waals surface area contributed by atoms with Crippen LogP contribution in [-0.4, -0.2) is 19.0 Å². The number of hydrogen-bond donors (Lipinski definition) is 3. The van der Waals surface area contributed by atoms with Gasteiger partial charge in [-0.25, -0.2) is 4.79 Å². The molecule has 2 aromatic carbocycles. The Labute approximate surface area is 143 Å². The van der Waals surface area contributed by atoms with E-state index in [-0.39, 0.29) is 11.9 Å². The lowest BCUT2D eigenvalue weighted by Gasteiger charge is -2.07. The molecular weight excluding hydrogens is 302 g/mol. The summed E-state index contributed by atoms with van der Waals surface area (Å²) in [6.45, 7) is 5.49. The smallest absolute Gasteiger partial charge is 0.318 e. The number of amides is 3. The molecule has 0 spiro atoms. The second kappa shape index (κ2) is 10.0. The number of rotatable bonds is 4. The third-order valence-electron chi connectivity index (χ3n) is 3.12. The number of benzene rings is 2. The lowest BCUT2D eigenvalue weighted by atomic mass is 10.0. The molecule has 2 rings (SSSR count). The van der Waals surface area contributed by atoms with Crippen LogP contribution in [0, 0.1) is 0 Å². The molecule has 5 heteroatoms. The third kappa shape index (κ3) is 6.52. The molecule has 0 aliphatic carbocycles. The molecule has 128 valence electrons. The average molecular weight is 327 g/mol. The Bertz CT molecular complexity index is 649. The molecule has 24 heavy (non-hydrogen) atoms. The number of nitrogens with one attached hydrogen (secondary N) is 3. The van der Waals surface area contributed by atoms with E-state index in [4.69, 9.17) is 0 Å². The Morgan fingerprint density at radius 1 is 0.792 bits per heavy atom. The fourth-order valence-electron chi connectivity index (χ4n) is 2.04. The van der Waals surface area contributed by atoms with Crippen molar-refractivity contribution in [1.82, 2.24) is 5.32 Å². The summed E-state index contributed by atoms with van der Waals surface area (Å²) in [7, 11) is 1.58. The highest BCUT2D eigenvalue weighted by atomic mass is 16.2. The van der Waals surface area contributed by atoms with Gasteiger partial charge in [0.05, 0.1) is 0 Å². The highest BCUT2D eigenvalue weighted by Crippen LogP contribution is 2.16. The van der Waals surface area contributed by atoms with E-state index in [9.17, 15) is 9.59 Å². The minimum atomic E-state index is -0.235. The second-order valence-electron chi connectivity index (χ2n) is 4.96. The minimum absolute atomic E-state index is 0.0769. The molecule has 0 bridgehead atoms. The first kappa shape index (κ1) is 19.2. The van der Waals surface area contributed by atoms with Gasteiger partial charge in [0.1, 0.15) is 0 Å². The molecule has 3 amide bonds. The zero-order chi connectivity index (χ0) is 17.9. The van der Waals surface area contributed by atoms with Crippen LogP contribution in [0.5, 0.6) is 0 Å². The quantitative estimate of drug-likeness (QED) is 0.794. The van der Waals surface area contributed by atoms with Gasteiger partial charge in [0.2, 0.25) is 5.91 Å². The van der Waals surface area contributed by atoms with Crippen molar-refractivity contribution in [3.05, 3.63) is 59.7 Å². The van der Waals surface area contributed by atoms with Crippen LogP contribution < -0.4 is 16.0 Å². The van der Waals surface area contributed by atoms with Gasteiger partial charge < -0.3 is 16.0 Å². The van der Waals surface area contributed by atoms with Crippen molar-refractivity contribution in [3.63, 3.8) is 0 Å². The fourth-order valence-corrected chi connectivity index (χ4v) is 2.04. The van der Waals surface area contributed by atoms with Gasteiger partial charge in [-0.15, -0.1) is 0 Å². The van der Waals surface area contributed by atoms with E-state index in [1.165, 1.54) is 6.92 Å². The van der Waals surface area contributed by atoms with E-state index in [0.29, 0.717) is 0 Å². The molecule has 0 aromatic heterocycles. The lowest BCUT2D eigenvalue weighted by molar-refractivity contribution is -0.114. The van der Waals surface area contributed by atoms with Crippen LogP contribution >= 0.6 is 0 Å². The topological polar surface area (TPSA) is 70.2 Å². The maximum absolute atomic E-state index is 11.2. The molecule has 0 aliphatic heterocycles. The van der Waals surface area contributed by atoms with Crippen LogP contribution in [0.25, 0.3) is 0 Å². The van der Waals surface area contributed by atoms with E-state index < -0.39 is 0 Å². The van der Waals surface area contributed by atoms with E-state index >= 15 is 0 Å². The van der Waals surface area contributed by atoms with Gasteiger partial charge in [0, 0.05) is 25.3 Å². The second-order valence-corrected chi connectivity index (χ2v) is 4.96. The number of anilines is 2. The van der Waals surface area contributed by atoms with Crippen LogP contribution in [0.3, 0.4) is 0 Å². The first-order chi connectivity index (χ1) is 11.6. The van der Waals surface area contributed by atoms with Gasteiger partial charge in [-0.2, -0.15) is 0 Å². The molecule has 2 aromatic rings. The van der Waals surface area contributed by atoms with Crippen LogP contribution in [0.15, 0.2) is 48.5 Å². The predicted octanol–water partition coefficient (Wildman–Crippen LogP) is 4.01. The zero-order valence-corrected chi connectivity index (χ0v) is 14.6. The zero-order valence-electron chi connectivity index (χ0n) is 14.6. The largest absolute Gasteiger partial charge is 0.341 e. The van der Waals surface area contributed by atoms with E-state index in [0.717, 1.165) is 28.9 Å². The van der Waals surface area contributed by atoms with Crippen molar-refractivity contribution >= 4 is 23.3 Å². The van der Waals surface area contributed by atoms with Crippen molar-refractivity contribution < 1.29 is 9.59 Å². The van der Waals surface area contributed by atoms with E-state index in [2.05, 4.69) is 16.0 Å². The Kier molecular flexibility index (Phi) is 8.05. The molecular formula is C19H25N3O2. The minimum Gasteiger partial charge on any atom is -0.341 e. The summed E-state index contributed by atoms with van der Waals surface area (Å²) in [4.78, 5) is 22.2. The molecule has 0 atom stereocenters. The lowest BCUT2D eigenvalue weighted by Crippen LogP contribution is -2.24. The van der Waals surface area contributed by atoms with Crippen molar-refractivity contribution in [2.45, 2.75) is 27.2 Å². The summed E-state index contributed by atoms with van der Waals surface area (Å²) in [6.07, 6.45) is 0.792. The maximum atomic E-state index is 11.2. The van der Waals surface area contributed by atoms with E-state index in [1.54, 1.807) is 7.05 Å². The van der Waals surface area contributed by atoms with E-state index in [1.807, 2.05) is 62.4 Å². The van der Waals surface area contributed by atoms with Crippen LogP contribution in [0.1, 0.15) is 31.9 Å². The number of hydrogen-bond acceptors (Lipinski definition) is 2. The molecule has 0 fully saturated rings. The van der Waals surface area contributed by atoms with Gasteiger partial charge in [0.25, 0.3) is 0 Å². The first-order valence-corrected chi connectivity index (χ1v) is 8.01. The van der Waals surface area contributed by atoms with Crippen molar-refractivity contribution in [2.24, 2.45) is 0 Å². The monoisotopic (exact) mass is 327 g/mol. The Morgan fingerprint density at radius 3 is 1.58 bits per heavy atom. The van der Waals surface area contributed by atoms with Gasteiger partial charge in [0.15, 0.2) is 0 Å². The standard InChI is InChI=1S/C17H19N3O2.C2H6/c1-12(21)19-15-7-3-13(4-8-15)11-14-5-9-16(10-6-14)20-17(22)18-2;1-2/h3-10H,11H2,1-2H3,(H,19,21)(H2,18,20,22);1-2H3. The molecule has 0 unspecified atom stereocenters. The molecule has 3 N–H and O–H groups in total. The summed E-state index contributed by atoms with van der Waals surface area (Å²) in [5.41, 5.74) is 3.85. The van der Waals surface area contributed by atoms with Crippen molar-refractivity contribution in [3.8, 4) is 0 Å². The highest BCUT2D eigenvalue weighted by Gasteiger charge is 2.01. The molecule has 0 aliphatic rings. The fraction of sp³-hybridized carbons (Fsp3) is 0.263. The summed E-state index contributed by atoms with van der Waals surface area (Å²) in [5, 5.41) is 7.97. The third-order valence-corrected chi connectivity index (χ3v) is 3.12. The number of urea groups is 1. The molecule has 0 radical (unpaired) electrons. The van der Waals surface area contributed by atoms with Gasteiger partial charge >= 0.3 is 6.03 Å². The van der Waals surface area contributed by atoms with Gasteiger partial charge in [-0.05, 0) is 41.8 Å². The maximum Gasteiger partial charge on any atom is 0.318 e. The highest BCUT2D eigenvalue weighted by molar-refractivity contribution is 5.89. The summed E-state index contributed by atoms with van der Waals surface area (Å²) >= 11 is 0.